The third-order valence-electron chi connectivity index (χ3n) is 5.26. The van der Waals surface area contributed by atoms with E-state index in [0.29, 0.717) is 19.6 Å². The number of nitrogens with zero attached hydrogens (tertiary/aromatic N) is 2. The van der Waals surface area contributed by atoms with Crippen molar-refractivity contribution in [1.29, 1.82) is 0 Å². The number of hydrogen-bond acceptors (Lipinski definition) is 4. The number of piperidine rings is 1. The van der Waals surface area contributed by atoms with Gasteiger partial charge in [-0.3, -0.25) is 9.78 Å². The molecule has 136 valence electrons. The molecule has 0 radical (unpaired) electrons. The molecule has 26 heavy (non-hydrogen) atoms. The third kappa shape index (κ3) is 3.65. The van der Waals surface area contributed by atoms with Gasteiger partial charge in [0.2, 0.25) is 0 Å². The first-order chi connectivity index (χ1) is 12.7. The molecule has 2 aromatic rings. The highest BCUT2D eigenvalue weighted by molar-refractivity contribution is 7.12. The van der Waals surface area contributed by atoms with Crippen molar-refractivity contribution in [2.24, 2.45) is 5.92 Å². The first kappa shape index (κ1) is 17.2. The van der Waals surface area contributed by atoms with E-state index in [4.69, 9.17) is 0 Å². The summed E-state index contributed by atoms with van der Waals surface area (Å²) in [5.74, 6) is 0.0788. The highest BCUT2D eigenvalue weighted by Crippen LogP contribution is 2.23. The molecule has 0 saturated carbocycles. The van der Waals surface area contributed by atoms with E-state index in [1.165, 1.54) is 29.0 Å². The Labute approximate surface area is 157 Å². The number of Topliss-reactive ketones (excluding diaryl/α,β-unsaturated/α-hetero) is 1. The van der Waals surface area contributed by atoms with Gasteiger partial charge in [-0.25, -0.2) is 4.79 Å². The number of amides is 2. The first-order valence-electron chi connectivity index (χ1n) is 9.28. The van der Waals surface area contributed by atoms with Crippen molar-refractivity contribution >= 4 is 23.2 Å². The summed E-state index contributed by atoms with van der Waals surface area (Å²) in [4.78, 5) is 32.2. The molecule has 0 spiro atoms. The van der Waals surface area contributed by atoms with E-state index in [1.54, 1.807) is 4.90 Å². The Morgan fingerprint density at radius 2 is 2.23 bits per heavy atom. The second-order valence-electron chi connectivity index (χ2n) is 7.09. The number of carbonyl (C=O) groups is 2. The molecule has 6 heteroatoms. The van der Waals surface area contributed by atoms with Gasteiger partial charge in [0.15, 0.2) is 5.78 Å². The number of thiophene rings is 1. The van der Waals surface area contributed by atoms with Crippen molar-refractivity contribution in [3.63, 3.8) is 0 Å². The molecule has 3 heterocycles. The maximum absolute atomic E-state index is 12.6. The number of carbonyl (C=O) groups excluding carboxylic acids is 2. The molecule has 1 fully saturated rings. The average Bonchev–Trinajstić information content (AvgIpc) is 3.36. The summed E-state index contributed by atoms with van der Waals surface area (Å²) in [5.41, 5.74) is 3.56. The van der Waals surface area contributed by atoms with Crippen molar-refractivity contribution in [3.05, 3.63) is 51.5 Å². The highest BCUT2D eigenvalue weighted by Gasteiger charge is 2.29. The fourth-order valence-corrected chi connectivity index (χ4v) is 4.60. The van der Waals surface area contributed by atoms with Crippen LogP contribution < -0.4 is 5.32 Å². The number of urea groups is 1. The second kappa shape index (κ2) is 7.58. The van der Waals surface area contributed by atoms with Gasteiger partial charge in [0, 0.05) is 37.4 Å². The molecule has 0 aromatic carbocycles. The predicted octanol–water partition coefficient (Wildman–Crippen LogP) is 3.44. The third-order valence-corrected chi connectivity index (χ3v) is 6.15. The van der Waals surface area contributed by atoms with E-state index in [0.717, 1.165) is 36.1 Å². The maximum Gasteiger partial charge on any atom is 0.317 e. The van der Waals surface area contributed by atoms with Gasteiger partial charge in [0.1, 0.15) is 0 Å². The summed E-state index contributed by atoms with van der Waals surface area (Å²) < 4.78 is 0. The summed E-state index contributed by atoms with van der Waals surface area (Å²) in [6, 6.07) is 5.84. The lowest BCUT2D eigenvalue weighted by Gasteiger charge is -2.31. The monoisotopic (exact) mass is 369 g/mol. The van der Waals surface area contributed by atoms with E-state index in [2.05, 4.69) is 16.4 Å². The van der Waals surface area contributed by atoms with Crippen molar-refractivity contribution in [1.82, 2.24) is 15.2 Å². The summed E-state index contributed by atoms with van der Waals surface area (Å²) in [7, 11) is 0. The van der Waals surface area contributed by atoms with Crippen molar-refractivity contribution < 1.29 is 9.59 Å². The predicted molar refractivity (Wildman–Crippen MR) is 101 cm³/mol. The molecular formula is C20H23N3O2S. The van der Waals surface area contributed by atoms with E-state index >= 15 is 0 Å². The number of fused-ring (bicyclic) bond motifs is 1. The summed E-state index contributed by atoms with van der Waals surface area (Å²) in [6.45, 7) is 1.70. The van der Waals surface area contributed by atoms with E-state index < -0.39 is 0 Å². The van der Waals surface area contributed by atoms with Gasteiger partial charge in [-0.2, -0.15) is 0 Å². The second-order valence-corrected chi connectivity index (χ2v) is 8.04. The number of aryl methyl sites for hydroxylation is 2. The zero-order valence-corrected chi connectivity index (χ0v) is 15.6. The lowest BCUT2D eigenvalue weighted by Crippen LogP contribution is -2.46. The minimum absolute atomic E-state index is 0.0881. The number of rotatable bonds is 4. The summed E-state index contributed by atoms with van der Waals surface area (Å²) in [5, 5.41) is 4.91. The van der Waals surface area contributed by atoms with E-state index in [-0.39, 0.29) is 17.7 Å². The van der Waals surface area contributed by atoms with Crippen molar-refractivity contribution in [2.45, 2.75) is 38.6 Å². The van der Waals surface area contributed by atoms with Crippen LogP contribution in [-0.2, 0) is 19.4 Å². The highest BCUT2D eigenvalue weighted by atomic mass is 32.1. The van der Waals surface area contributed by atoms with Crippen LogP contribution >= 0.6 is 11.3 Å². The molecule has 1 atom stereocenters. The number of aromatic nitrogens is 1. The molecule has 1 aliphatic carbocycles. The molecule has 4 rings (SSSR count). The Morgan fingerprint density at radius 3 is 3.08 bits per heavy atom. The topological polar surface area (TPSA) is 62.3 Å². The fourth-order valence-electron chi connectivity index (χ4n) is 3.86. The van der Waals surface area contributed by atoms with Crippen LogP contribution in [0.4, 0.5) is 4.79 Å². The Hall–Kier alpha value is -2.21. The Kier molecular flexibility index (Phi) is 5.02. The molecule has 0 unspecified atom stereocenters. The van der Waals surface area contributed by atoms with Crippen molar-refractivity contribution in [3.8, 4) is 0 Å². The standard InChI is InChI=1S/C20H23N3O2S/c24-19(18-7-3-9-26-18)16-5-2-8-23(13-16)20(25)22-12-14-10-15-4-1-6-17(15)21-11-14/h3,7,9-11,16H,1-2,4-6,8,12-13H2,(H,22,25)/t16-/m0/s1. The lowest BCUT2D eigenvalue weighted by molar-refractivity contribution is 0.0850. The Morgan fingerprint density at radius 1 is 1.31 bits per heavy atom. The molecule has 2 aliphatic rings. The molecule has 1 N–H and O–H groups in total. The van der Waals surface area contributed by atoms with Crippen LogP contribution in [0.5, 0.6) is 0 Å². The number of ketones is 1. The van der Waals surface area contributed by atoms with Crippen LogP contribution in [0.1, 0.15) is 45.8 Å². The molecule has 2 amide bonds. The van der Waals surface area contributed by atoms with E-state index in [9.17, 15) is 9.59 Å². The minimum Gasteiger partial charge on any atom is -0.334 e. The van der Waals surface area contributed by atoms with Gasteiger partial charge in [-0.05, 0) is 54.7 Å². The molecular weight excluding hydrogens is 346 g/mol. The number of hydrogen-bond donors (Lipinski definition) is 1. The van der Waals surface area contributed by atoms with Gasteiger partial charge in [-0.1, -0.05) is 12.1 Å². The van der Waals surface area contributed by atoms with E-state index in [1.807, 2.05) is 23.7 Å². The molecule has 1 saturated heterocycles. The minimum atomic E-state index is -0.0887. The average molecular weight is 369 g/mol. The summed E-state index contributed by atoms with van der Waals surface area (Å²) in [6.07, 6.45) is 6.92. The Balaban J connectivity index is 1.33. The van der Waals surface area contributed by atoms with Crippen molar-refractivity contribution in [2.75, 3.05) is 13.1 Å². The first-order valence-corrected chi connectivity index (χ1v) is 10.2. The molecule has 1 aliphatic heterocycles. The van der Waals surface area contributed by atoms with Crippen LogP contribution in [-0.4, -0.2) is 34.8 Å². The maximum atomic E-state index is 12.6. The number of pyridine rings is 1. The van der Waals surface area contributed by atoms with Crippen LogP contribution in [0.2, 0.25) is 0 Å². The van der Waals surface area contributed by atoms with Gasteiger partial charge in [0.25, 0.3) is 0 Å². The SMILES string of the molecule is O=C(c1cccs1)[C@H]1CCCN(C(=O)NCc2cnc3c(c2)CCC3)C1. The lowest BCUT2D eigenvalue weighted by atomic mass is 9.93. The van der Waals surface area contributed by atoms with Crippen LogP contribution in [0.15, 0.2) is 29.8 Å². The molecule has 5 nitrogen and oxygen atoms in total. The van der Waals surface area contributed by atoms with Crippen LogP contribution in [0.25, 0.3) is 0 Å². The van der Waals surface area contributed by atoms with Crippen LogP contribution in [0, 0.1) is 5.92 Å². The largest absolute Gasteiger partial charge is 0.334 e. The van der Waals surface area contributed by atoms with Crippen LogP contribution in [0.3, 0.4) is 0 Å². The zero-order valence-electron chi connectivity index (χ0n) is 14.7. The van der Waals surface area contributed by atoms with Gasteiger partial charge >= 0.3 is 6.03 Å². The van der Waals surface area contributed by atoms with Gasteiger partial charge in [0.05, 0.1) is 4.88 Å². The fraction of sp³-hybridized carbons (Fsp3) is 0.450. The Bertz CT molecular complexity index is 803. The number of nitrogens with one attached hydrogen (secondary N) is 1. The molecule has 0 bridgehead atoms. The quantitative estimate of drug-likeness (QED) is 0.840. The summed E-state index contributed by atoms with van der Waals surface area (Å²) >= 11 is 1.48. The zero-order chi connectivity index (χ0) is 17.9. The smallest absolute Gasteiger partial charge is 0.317 e. The van der Waals surface area contributed by atoms with Gasteiger partial charge in [-0.15, -0.1) is 11.3 Å². The number of likely N-dealkylation sites (tertiary alicyclic amines) is 1. The van der Waals surface area contributed by atoms with Gasteiger partial charge < -0.3 is 10.2 Å². The normalized spacial score (nSPS) is 19.2. The molecule has 2 aromatic heterocycles.